The van der Waals surface area contributed by atoms with Gasteiger partial charge in [-0.3, -0.25) is 0 Å². The van der Waals surface area contributed by atoms with Crippen molar-refractivity contribution in [2.45, 2.75) is 12.5 Å². The molecule has 0 spiro atoms. The van der Waals surface area contributed by atoms with E-state index in [2.05, 4.69) is 15.9 Å². The molecule has 2 aromatic carbocycles. The van der Waals surface area contributed by atoms with Gasteiger partial charge in [0.15, 0.2) is 11.6 Å². The predicted octanol–water partition coefficient (Wildman–Crippen LogP) is 3.98. The third-order valence-electron chi connectivity index (χ3n) is 3.06. The standard InChI is InChI=1S/C15H14BrF2NO/c1-20-15-7-10(3-5-12(15)17)14(19)6-9-2-4-11(16)8-13(9)18/h2-5,7-8,14H,6,19H2,1H3. The van der Waals surface area contributed by atoms with Crippen LogP contribution in [0.3, 0.4) is 0 Å². The van der Waals surface area contributed by atoms with Crippen LogP contribution in [-0.2, 0) is 6.42 Å². The van der Waals surface area contributed by atoms with Crippen LogP contribution in [0, 0.1) is 11.6 Å². The monoisotopic (exact) mass is 341 g/mol. The van der Waals surface area contributed by atoms with Crippen LogP contribution >= 0.6 is 15.9 Å². The van der Waals surface area contributed by atoms with Gasteiger partial charge in [-0.15, -0.1) is 0 Å². The van der Waals surface area contributed by atoms with E-state index in [4.69, 9.17) is 10.5 Å². The average molecular weight is 342 g/mol. The van der Waals surface area contributed by atoms with E-state index in [0.29, 0.717) is 22.0 Å². The Kier molecular flexibility index (Phi) is 4.73. The summed E-state index contributed by atoms with van der Waals surface area (Å²) in [5, 5.41) is 0. The van der Waals surface area contributed by atoms with Crippen molar-refractivity contribution in [2.75, 3.05) is 7.11 Å². The summed E-state index contributed by atoms with van der Waals surface area (Å²) in [5.41, 5.74) is 7.27. The number of hydrogen-bond donors (Lipinski definition) is 1. The van der Waals surface area contributed by atoms with Crippen molar-refractivity contribution in [2.24, 2.45) is 5.73 Å². The molecule has 0 aliphatic rings. The second-order valence-electron chi connectivity index (χ2n) is 4.44. The Morgan fingerprint density at radius 2 is 1.90 bits per heavy atom. The van der Waals surface area contributed by atoms with E-state index in [1.807, 2.05) is 0 Å². The van der Waals surface area contributed by atoms with Gasteiger partial charge in [-0.05, 0) is 41.8 Å². The molecule has 0 amide bonds. The van der Waals surface area contributed by atoms with Gasteiger partial charge in [0.05, 0.1) is 7.11 Å². The molecule has 0 heterocycles. The summed E-state index contributed by atoms with van der Waals surface area (Å²) >= 11 is 3.20. The summed E-state index contributed by atoms with van der Waals surface area (Å²) in [6.07, 6.45) is 0.327. The van der Waals surface area contributed by atoms with Gasteiger partial charge < -0.3 is 10.5 Å². The first-order chi connectivity index (χ1) is 9.51. The molecule has 2 aromatic rings. The SMILES string of the molecule is COc1cc(C(N)Cc2ccc(Br)cc2F)ccc1F. The second kappa shape index (κ2) is 6.33. The molecular weight excluding hydrogens is 328 g/mol. The third kappa shape index (κ3) is 3.35. The third-order valence-corrected chi connectivity index (χ3v) is 3.55. The minimum atomic E-state index is -0.446. The molecule has 5 heteroatoms. The Morgan fingerprint density at radius 3 is 2.55 bits per heavy atom. The maximum absolute atomic E-state index is 13.8. The summed E-state index contributed by atoms with van der Waals surface area (Å²) in [5.74, 6) is -0.628. The number of hydrogen-bond acceptors (Lipinski definition) is 2. The summed E-state index contributed by atoms with van der Waals surface area (Å²) in [6, 6.07) is 8.83. The van der Waals surface area contributed by atoms with Gasteiger partial charge in [0.25, 0.3) is 0 Å². The first-order valence-electron chi connectivity index (χ1n) is 6.04. The zero-order chi connectivity index (χ0) is 14.7. The Hall–Kier alpha value is -1.46. The van der Waals surface area contributed by atoms with Crippen LogP contribution in [-0.4, -0.2) is 7.11 Å². The Bertz CT molecular complexity index is 619. The van der Waals surface area contributed by atoms with Crippen LogP contribution in [0.25, 0.3) is 0 Å². The molecule has 0 saturated heterocycles. The zero-order valence-electron chi connectivity index (χ0n) is 10.9. The molecule has 0 aliphatic carbocycles. The van der Waals surface area contributed by atoms with Crippen molar-refractivity contribution in [1.29, 1.82) is 0 Å². The lowest BCUT2D eigenvalue weighted by molar-refractivity contribution is 0.385. The van der Waals surface area contributed by atoms with E-state index in [1.165, 1.54) is 25.3 Å². The number of nitrogens with two attached hydrogens (primary N) is 1. The van der Waals surface area contributed by atoms with Crippen molar-refractivity contribution in [3.8, 4) is 5.75 Å². The summed E-state index contributed by atoms with van der Waals surface area (Å²) in [7, 11) is 1.39. The van der Waals surface area contributed by atoms with Gasteiger partial charge in [0.2, 0.25) is 0 Å². The largest absolute Gasteiger partial charge is 0.494 e. The fraction of sp³-hybridized carbons (Fsp3) is 0.200. The zero-order valence-corrected chi connectivity index (χ0v) is 12.5. The highest BCUT2D eigenvalue weighted by atomic mass is 79.9. The van der Waals surface area contributed by atoms with Crippen molar-refractivity contribution in [1.82, 2.24) is 0 Å². The van der Waals surface area contributed by atoms with Gasteiger partial charge in [0.1, 0.15) is 5.82 Å². The quantitative estimate of drug-likeness (QED) is 0.912. The lowest BCUT2D eigenvalue weighted by Gasteiger charge is -2.14. The maximum Gasteiger partial charge on any atom is 0.165 e. The minimum Gasteiger partial charge on any atom is -0.494 e. The summed E-state index contributed by atoms with van der Waals surface area (Å²) < 4.78 is 32.7. The highest BCUT2D eigenvalue weighted by Crippen LogP contribution is 2.25. The van der Waals surface area contributed by atoms with Gasteiger partial charge in [-0.25, -0.2) is 8.78 Å². The molecule has 2 nitrogen and oxygen atoms in total. The van der Waals surface area contributed by atoms with Crippen molar-refractivity contribution in [3.05, 3.63) is 63.6 Å². The highest BCUT2D eigenvalue weighted by molar-refractivity contribution is 9.10. The maximum atomic E-state index is 13.8. The smallest absolute Gasteiger partial charge is 0.165 e. The van der Waals surface area contributed by atoms with Crippen LogP contribution < -0.4 is 10.5 Å². The van der Waals surface area contributed by atoms with Crippen LogP contribution in [0.15, 0.2) is 40.9 Å². The lowest BCUT2D eigenvalue weighted by Crippen LogP contribution is -2.14. The van der Waals surface area contributed by atoms with E-state index in [9.17, 15) is 8.78 Å². The lowest BCUT2D eigenvalue weighted by atomic mass is 9.99. The molecule has 0 bridgehead atoms. The van der Waals surface area contributed by atoms with Crippen LogP contribution in [0.4, 0.5) is 8.78 Å². The van der Waals surface area contributed by atoms with Crippen molar-refractivity contribution in [3.63, 3.8) is 0 Å². The average Bonchev–Trinajstić information content (AvgIpc) is 2.42. The van der Waals surface area contributed by atoms with E-state index < -0.39 is 11.9 Å². The number of benzene rings is 2. The number of halogens is 3. The fourth-order valence-electron chi connectivity index (χ4n) is 1.95. The summed E-state index contributed by atoms with van der Waals surface area (Å²) in [4.78, 5) is 0. The molecule has 0 fully saturated rings. The molecule has 0 aromatic heterocycles. The van der Waals surface area contributed by atoms with Crippen molar-refractivity contribution < 1.29 is 13.5 Å². The fourth-order valence-corrected chi connectivity index (χ4v) is 2.28. The molecule has 20 heavy (non-hydrogen) atoms. The molecule has 0 saturated carbocycles. The second-order valence-corrected chi connectivity index (χ2v) is 5.36. The summed E-state index contributed by atoms with van der Waals surface area (Å²) in [6.45, 7) is 0. The Morgan fingerprint density at radius 1 is 1.15 bits per heavy atom. The molecule has 1 atom stereocenters. The van der Waals surface area contributed by atoms with E-state index in [1.54, 1.807) is 18.2 Å². The minimum absolute atomic E-state index is 0.134. The molecule has 2 rings (SSSR count). The van der Waals surface area contributed by atoms with Crippen LogP contribution in [0.1, 0.15) is 17.2 Å². The van der Waals surface area contributed by atoms with E-state index in [-0.39, 0.29) is 11.6 Å². The molecule has 0 aliphatic heterocycles. The Labute approximate surface area is 124 Å². The number of methoxy groups -OCH3 is 1. The van der Waals surface area contributed by atoms with Gasteiger partial charge >= 0.3 is 0 Å². The van der Waals surface area contributed by atoms with Gasteiger partial charge in [-0.2, -0.15) is 0 Å². The number of rotatable bonds is 4. The van der Waals surface area contributed by atoms with Gasteiger partial charge in [-0.1, -0.05) is 28.1 Å². The van der Waals surface area contributed by atoms with Crippen molar-refractivity contribution >= 4 is 15.9 Å². The molecule has 106 valence electrons. The first-order valence-corrected chi connectivity index (χ1v) is 6.83. The van der Waals surface area contributed by atoms with Crippen LogP contribution in [0.2, 0.25) is 0 Å². The Balaban J connectivity index is 2.21. The molecule has 2 N–H and O–H groups in total. The molecule has 1 unspecified atom stereocenters. The topological polar surface area (TPSA) is 35.2 Å². The first kappa shape index (κ1) is 14.9. The number of ether oxygens (including phenoxy) is 1. The van der Waals surface area contributed by atoms with Gasteiger partial charge in [0, 0.05) is 10.5 Å². The molecular formula is C15H14BrF2NO. The van der Waals surface area contributed by atoms with Crippen LogP contribution in [0.5, 0.6) is 5.75 Å². The predicted molar refractivity (Wildman–Crippen MR) is 77.7 cm³/mol. The van der Waals surface area contributed by atoms with E-state index in [0.717, 1.165) is 0 Å². The highest BCUT2D eigenvalue weighted by Gasteiger charge is 2.13. The van der Waals surface area contributed by atoms with E-state index >= 15 is 0 Å². The molecule has 0 radical (unpaired) electrons. The normalized spacial score (nSPS) is 12.2.